The molecule has 0 radical (unpaired) electrons. The highest BCUT2D eigenvalue weighted by Crippen LogP contribution is 2.17. The molecule has 0 bridgehead atoms. The van der Waals surface area contributed by atoms with E-state index in [2.05, 4.69) is 23.7 Å². The summed E-state index contributed by atoms with van der Waals surface area (Å²) in [6.45, 7) is 6.39. The summed E-state index contributed by atoms with van der Waals surface area (Å²) in [5, 5.41) is 4.95. The van der Waals surface area contributed by atoms with Crippen LogP contribution in [0.15, 0.2) is 11.4 Å². The SMILES string of the molecule is CCc1ccsc1CNC(=O)C(C)(N)CC. The average Bonchev–Trinajstić information content (AvgIpc) is 2.72. The van der Waals surface area contributed by atoms with Gasteiger partial charge >= 0.3 is 0 Å². The van der Waals surface area contributed by atoms with E-state index < -0.39 is 5.54 Å². The summed E-state index contributed by atoms with van der Waals surface area (Å²) < 4.78 is 0. The second-order valence-corrected chi connectivity index (χ2v) is 5.18. The Bertz CT molecular complexity index is 358. The fraction of sp³-hybridized carbons (Fsp3) is 0.583. The lowest BCUT2D eigenvalue weighted by Gasteiger charge is -2.21. The van der Waals surface area contributed by atoms with Crippen molar-refractivity contribution in [3.8, 4) is 0 Å². The first-order valence-corrected chi connectivity index (χ1v) is 6.51. The Morgan fingerprint density at radius 3 is 2.81 bits per heavy atom. The Labute approximate surface area is 101 Å². The van der Waals surface area contributed by atoms with E-state index in [1.54, 1.807) is 18.3 Å². The lowest BCUT2D eigenvalue weighted by Crippen LogP contribution is -2.50. The molecule has 1 aromatic heterocycles. The van der Waals surface area contributed by atoms with Gasteiger partial charge in [-0.1, -0.05) is 13.8 Å². The van der Waals surface area contributed by atoms with E-state index in [-0.39, 0.29) is 5.91 Å². The second kappa shape index (κ2) is 5.46. The summed E-state index contributed by atoms with van der Waals surface area (Å²) in [7, 11) is 0. The number of nitrogens with one attached hydrogen (secondary N) is 1. The smallest absolute Gasteiger partial charge is 0.240 e. The van der Waals surface area contributed by atoms with E-state index in [9.17, 15) is 4.79 Å². The second-order valence-electron chi connectivity index (χ2n) is 4.18. The maximum Gasteiger partial charge on any atom is 0.240 e. The summed E-state index contributed by atoms with van der Waals surface area (Å²) in [5.41, 5.74) is 6.41. The molecule has 1 rings (SSSR count). The summed E-state index contributed by atoms with van der Waals surface area (Å²) in [6.07, 6.45) is 1.65. The lowest BCUT2D eigenvalue weighted by atomic mass is 9.99. The van der Waals surface area contributed by atoms with Gasteiger partial charge in [0.2, 0.25) is 5.91 Å². The third-order valence-electron chi connectivity index (χ3n) is 2.88. The molecule has 1 aromatic rings. The fourth-order valence-corrected chi connectivity index (χ4v) is 2.28. The topological polar surface area (TPSA) is 55.1 Å². The number of nitrogens with two attached hydrogens (primary N) is 1. The Balaban J connectivity index is 2.55. The average molecular weight is 240 g/mol. The number of thiophene rings is 1. The molecule has 16 heavy (non-hydrogen) atoms. The first kappa shape index (κ1) is 13.2. The van der Waals surface area contributed by atoms with Crippen molar-refractivity contribution in [3.63, 3.8) is 0 Å². The van der Waals surface area contributed by atoms with Gasteiger partial charge in [0.05, 0.1) is 12.1 Å². The lowest BCUT2D eigenvalue weighted by molar-refractivity contribution is -0.126. The third kappa shape index (κ3) is 3.06. The molecule has 0 aliphatic heterocycles. The van der Waals surface area contributed by atoms with Crippen molar-refractivity contribution in [2.75, 3.05) is 0 Å². The molecule has 0 aliphatic rings. The van der Waals surface area contributed by atoms with Crippen LogP contribution in [0.1, 0.15) is 37.6 Å². The Kier molecular flexibility index (Phi) is 4.50. The standard InChI is InChI=1S/C12H20N2OS/c1-4-9-6-7-16-10(9)8-14-11(15)12(3,13)5-2/h6-7H,4-5,8,13H2,1-3H3,(H,14,15). The molecule has 1 heterocycles. The van der Waals surface area contributed by atoms with Gasteiger partial charge in [0.15, 0.2) is 0 Å². The number of carbonyl (C=O) groups is 1. The predicted octanol–water partition coefficient (Wildman–Crippen LogP) is 2.05. The molecule has 4 heteroatoms. The van der Waals surface area contributed by atoms with Gasteiger partial charge in [-0.3, -0.25) is 4.79 Å². The van der Waals surface area contributed by atoms with Crippen molar-refractivity contribution in [3.05, 3.63) is 21.9 Å². The zero-order chi connectivity index (χ0) is 12.2. The highest BCUT2D eigenvalue weighted by molar-refractivity contribution is 7.10. The van der Waals surface area contributed by atoms with Crippen LogP contribution in [0.25, 0.3) is 0 Å². The number of amides is 1. The van der Waals surface area contributed by atoms with Gasteiger partial charge in [-0.05, 0) is 36.8 Å². The van der Waals surface area contributed by atoms with Gasteiger partial charge in [0.1, 0.15) is 0 Å². The quantitative estimate of drug-likeness (QED) is 0.827. The van der Waals surface area contributed by atoms with Crippen LogP contribution in [0, 0.1) is 0 Å². The number of hydrogen-bond donors (Lipinski definition) is 2. The fourth-order valence-electron chi connectivity index (χ4n) is 1.36. The molecule has 3 N–H and O–H groups in total. The zero-order valence-corrected chi connectivity index (χ0v) is 11.0. The minimum Gasteiger partial charge on any atom is -0.350 e. The highest BCUT2D eigenvalue weighted by atomic mass is 32.1. The third-order valence-corrected chi connectivity index (χ3v) is 3.84. The molecule has 0 saturated heterocycles. The summed E-state index contributed by atoms with van der Waals surface area (Å²) in [5.74, 6) is -0.0783. The zero-order valence-electron chi connectivity index (χ0n) is 10.2. The number of aryl methyl sites for hydroxylation is 1. The molecule has 1 atom stereocenters. The molecule has 3 nitrogen and oxygen atoms in total. The predicted molar refractivity (Wildman–Crippen MR) is 68.4 cm³/mol. The molecule has 0 aromatic carbocycles. The van der Waals surface area contributed by atoms with Crippen LogP contribution in [-0.2, 0) is 17.8 Å². The number of rotatable bonds is 5. The normalized spacial score (nSPS) is 14.5. The van der Waals surface area contributed by atoms with E-state index in [1.807, 2.05) is 6.92 Å². The van der Waals surface area contributed by atoms with Crippen LogP contribution in [0.2, 0.25) is 0 Å². The Morgan fingerprint density at radius 2 is 2.25 bits per heavy atom. The van der Waals surface area contributed by atoms with Crippen LogP contribution in [0.5, 0.6) is 0 Å². The molecule has 1 amide bonds. The van der Waals surface area contributed by atoms with Crippen LogP contribution >= 0.6 is 11.3 Å². The summed E-state index contributed by atoms with van der Waals surface area (Å²) in [4.78, 5) is 13.0. The van der Waals surface area contributed by atoms with Gasteiger partial charge in [-0.2, -0.15) is 0 Å². The number of hydrogen-bond acceptors (Lipinski definition) is 3. The van der Waals surface area contributed by atoms with Crippen molar-refractivity contribution in [1.82, 2.24) is 5.32 Å². The first-order chi connectivity index (χ1) is 7.51. The van der Waals surface area contributed by atoms with E-state index in [1.165, 1.54) is 10.4 Å². The van der Waals surface area contributed by atoms with E-state index in [4.69, 9.17) is 5.73 Å². The maximum atomic E-state index is 11.8. The molecular weight excluding hydrogens is 220 g/mol. The largest absolute Gasteiger partial charge is 0.350 e. The minimum atomic E-state index is -0.760. The van der Waals surface area contributed by atoms with Crippen molar-refractivity contribution in [1.29, 1.82) is 0 Å². The summed E-state index contributed by atoms with van der Waals surface area (Å²) >= 11 is 1.68. The van der Waals surface area contributed by atoms with Crippen LogP contribution < -0.4 is 11.1 Å². The molecule has 90 valence electrons. The van der Waals surface area contributed by atoms with Crippen LogP contribution in [0.4, 0.5) is 0 Å². The Hall–Kier alpha value is -0.870. The van der Waals surface area contributed by atoms with Gasteiger partial charge < -0.3 is 11.1 Å². The van der Waals surface area contributed by atoms with E-state index in [0.717, 1.165) is 6.42 Å². The van der Waals surface area contributed by atoms with E-state index >= 15 is 0 Å². The van der Waals surface area contributed by atoms with Gasteiger partial charge in [-0.15, -0.1) is 11.3 Å². The minimum absolute atomic E-state index is 0.0783. The Morgan fingerprint density at radius 1 is 1.56 bits per heavy atom. The first-order valence-electron chi connectivity index (χ1n) is 5.63. The molecular formula is C12H20N2OS. The van der Waals surface area contributed by atoms with Crippen molar-refractivity contribution >= 4 is 17.2 Å². The van der Waals surface area contributed by atoms with Gasteiger partial charge in [-0.25, -0.2) is 0 Å². The van der Waals surface area contributed by atoms with Gasteiger partial charge in [0.25, 0.3) is 0 Å². The molecule has 1 unspecified atom stereocenters. The maximum absolute atomic E-state index is 11.8. The summed E-state index contributed by atoms with van der Waals surface area (Å²) in [6, 6.07) is 2.10. The van der Waals surface area contributed by atoms with Crippen molar-refractivity contribution in [2.24, 2.45) is 5.73 Å². The monoisotopic (exact) mass is 240 g/mol. The molecule has 0 fully saturated rings. The van der Waals surface area contributed by atoms with Crippen LogP contribution in [-0.4, -0.2) is 11.4 Å². The number of carbonyl (C=O) groups excluding carboxylic acids is 1. The van der Waals surface area contributed by atoms with Gasteiger partial charge in [0, 0.05) is 4.88 Å². The van der Waals surface area contributed by atoms with Crippen molar-refractivity contribution in [2.45, 2.75) is 45.7 Å². The van der Waals surface area contributed by atoms with E-state index in [0.29, 0.717) is 13.0 Å². The molecule has 0 saturated carbocycles. The molecule has 0 aliphatic carbocycles. The highest BCUT2D eigenvalue weighted by Gasteiger charge is 2.25. The van der Waals surface area contributed by atoms with Crippen molar-refractivity contribution < 1.29 is 4.79 Å². The van der Waals surface area contributed by atoms with Crippen LogP contribution in [0.3, 0.4) is 0 Å². The molecule has 0 spiro atoms.